The molecule has 0 bridgehead atoms. The first kappa shape index (κ1) is 23.0. The van der Waals surface area contributed by atoms with E-state index < -0.39 is 0 Å². The number of nitrogens with zero attached hydrogens (tertiary/aromatic N) is 3. The predicted molar refractivity (Wildman–Crippen MR) is 125 cm³/mol. The smallest absolute Gasteiger partial charge is 0.338 e. The summed E-state index contributed by atoms with van der Waals surface area (Å²) in [5.41, 5.74) is 2.15. The third-order valence-electron chi connectivity index (χ3n) is 4.44. The minimum atomic E-state index is -0.376. The largest absolute Gasteiger partial charge is 0.462 e. The molecule has 1 aromatic carbocycles. The molecule has 3 aromatic rings. The molecule has 1 N–H and O–H groups in total. The van der Waals surface area contributed by atoms with Crippen molar-refractivity contribution in [3.05, 3.63) is 46.2 Å². The Morgan fingerprint density at radius 2 is 1.94 bits per heavy atom. The van der Waals surface area contributed by atoms with Crippen LogP contribution in [0.4, 0.5) is 5.69 Å². The van der Waals surface area contributed by atoms with Crippen molar-refractivity contribution >= 4 is 40.7 Å². The van der Waals surface area contributed by atoms with Gasteiger partial charge in [0, 0.05) is 28.1 Å². The van der Waals surface area contributed by atoms with Crippen LogP contribution >= 0.6 is 23.1 Å². The van der Waals surface area contributed by atoms with Gasteiger partial charge in [-0.1, -0.05) is 25.6 Å². The minimum absolute atomic E-state index is 0.148. The molecule has 0 spiro atoms. The summed E-state index contributed by atoms with van der Waals surface area (Å²) in [4.78, 5) is 25.4. The Bertz CT molecular complexity index is 1030. The van der Waals surface area contributed by atoms with Crippen molar-refractivity contribution in [1.82, 2.24) is 14.8 Å². The van der Waals surface area contributed by atoms with Gasteiger partial charge in [0.05, 0.1) is 17.9 Å². The van der Waals surface area contributed by atoms with Crippen LogP contribution in [0.25, 0.3) is 11.4 Å². The number of nitrogens with one attached hydrogen (secondary N) is 1. The number of thioether (sulfide) groups is 1. The molecule has 0 unspecified atom stereocenters. The first-order valence-electron chi connectivity index (χ1n) is 10.3. The van der Waals surface area contributed by atoms with E-state index in [9.17, 15) is 9.59 Å². The fourth-order valence-corrected chi connectivity index (χ4v) is 4.53. The van der Waals surface area contributed by atoms with Crippen molar-refractivity contribution in [1.29, 1.82) is 0 Å². The maximum absolute atomic E-state index is 12.4. The standard InChI is InChI=1S/C22H26N4O3S2/c1-4-11-26-20(16-12-18(5-2)30-13-16)24-25-22(26)31-14-19(27)23-17-9-7-15(8-10-17)21(28)29-6-3/h7-10,12-13H,4-6,11,14H2,1-3H3,(H,23,27). The molecule has 3 rings (SSSR count). The lowest BCUT2D eigenvalue weighted by molar-refractivity contribution is -0.113. The Morgan fingerprint density at radius 1 is 1.16 bits per heavy atom. The molecule has 7 nitrogen and oxygen atoms in total. The van der Waals surface area contributed by atoms with E-state index in [1.807, 2.05) is 0 Å². The zero-order valence-corrected chi connectivity index (χ0v) is 19.5. The Labute approximate surface area is 190 Å². The van der Waals surface area contributed by atoms with Gasteiger partial charge in [-0.3, -0.25) is 4.79 Å². The summed E-state index contributed by atoms with van der Waals surface area (Å²) in [6.07, 6.45) is 1.94. The second-order valence-corrected chi connectivity index (χ2v) is 8.69. The number of benzene rings is 1. The van der Waals surface area contributed by atoms with E-state index in [-0.39, 0.29) is 17.6 Å². The third-order valence-corrected chi connectivity index (χ3v) is 6.48. The van der Waals surface area contributed by atoms with E-state index in [0.29, 0.717) is 17.9 Å². The van der Waals surface area contributed by atoms with Gasteiger partial charge in [-0.15, -0.1) is 21.5 Å². The molecule has 0 fully saturated rings. The summed E-state index contributed by atoms with van der Waals surface area (Å²) in [5, 5.41) is 14.4. The van der Waals surface area contributed by atoms with E-state index in [4.69, 9.17) is 4.74 Å². The Kier molecular flexibility index (Phi) is 8.25. The number of esters is 1. The Hall–Kier alpha value is -2.65. The van der Waals surface area contributed by atoms with Gasteiger partial charge >= 0.3 is 5.97 Å². The van der Waals surface area contributed by atoms with E-state index >= 15 is 0 Å². The highest BCUT2D eigenvalue weighted by molar-refractivity contribution is 7.99. The molecule has 31 heavy (non-hydrogen) atoms. The van der Waals surface area contributed by atoms with Gasteiger partial charge in [0.15, 0.2) is 11.0 Å². The molecule has 0 saturated carbocycles. The molecular formula is C22H26N4O3S2. The van der Waals surface area contributed by atoms with Gasteiger partial charge in [-0.2, -0.15) is 0 Å². The van der Waals surface area contributed by atoms with E-state index in [2.05, 4.69) is 45.4 Å². The van der Waals surface area contributed by atoms with Crippen molar-refractivity contribution in [3.63, 3.8) is 0 Å². The first-order valence-corrected chi connectivity index (χ1v) is 12.1. The molecular weight excluding hydrogens is 432 g/mol. The number of rotatable bonds is 10. The third kappa shape index (κ3) is 5.95. The molecule has 0 aliphatic heterocycles. The summed E-state index contributed by atoms with van der Waals surface area (Å²) >= 11 is 3.09. The summed E-state index contributed by atoms with van der Waals surface area (Å²) in [5.74, 6) is 0.532. The number of aromatic nitrogens is 3. The maximum Gasteiger partial charge on any atom is 0.338 e. The lowest BCUT2D eigenvalue weighted by atomic mass is 10.2. The highest BCUT2D eigenvalue weighted by atomic mass is 32.2. The number of aryl methyl sites for hydroxylation is 1. The van der Waals surface area contributed by atoms with Crippen molar-refractivity contribution in [2.75, 3.05) is 17.7 Å². The summed E-state index contributed by atoms with van der Waals surface area (Å²) in [6.45, 7) is 7.12. The van der Waals surface area contributed by atoms with E-state index in [1.54, 1.807) is 42.5 Å². The lowest BCUT2D eigenvalue weighted by Crippen LogP contribution is -2.15. The van der Waals surface area contributed by atoms with E-state index in [1.165, 1.54) is 16.6 Å². The maximum atomic E-state index is 12.4. The Balaban J connectivity index is 1.62. The first-order chi connectivity index (χ1) is 15.0. The number of carbonyl (C=O) groups is 2. The van der Waals surface area contributed by atoms with Gasteiger partial charge in [0.1, 0.15) is 0 Å². The molecule has 2 heterocycles. The summed E-state index contributed by atoms with van der Waals surface area (Å²) in [7, 11) is 0. The Morgan fingerprint density at radius 3 is 2.58 bits per heavy atom. The van der Waals surface area contributed by atoms with Gasteiger partial charge in [-0.05, 0) is 50.1 Å². The van der Waals surface area contributed by atoms with Crippen LogP contribution in [0, 0.1) is 0 Å². The fourth-order valence-electron chi connectivity index (χ4n) is 2.95. The quantitative estimate of drug-likeness (QED) is 0.344. The minimum Gasteiger partial charge on any atom is -0.462 e. The highest BCUT2D eigenvalue weighted by Crippen LogP contribution is 2.28. The number of thiophene rings is 1. The van der Waals surface area contributed by atoms with Crippen LogP contribution in [-0.2, 0) is 22.5 Å². The zero-order chi connectivity index (χ0) is 22.2. The normalized spacial score (nSPS) is 10.8. The number of hydrogen-bond acceptors (Lipinski definition) is 7. The number of carbonyl (C=O) groups excluding carboxylic acids is 2. The summed E-state index contributed by atoms with van der Waals surface area (Å²) < 4.78 is 7.04. The van der Waals surface area contributed by atoms with Crippen LogP contribution in [0.2, 0.25) is 0 Å². The van der Waals surface area contributed by atoms with Crippen molar-refractivity contribution in [3.8, 4) is 11.4 Å². The number of hydrogen-bond donors (Lipinski definition) is 1. The predicted octanol–water partition coefficient (Wildman–Crippen LogP) is 4.89. The van der Waals surface area contributed by atoms with E-state index in [0.717, 1.165) is 35.9 Å². The SMILES string of the molecule is CCCn1c(SCC(=O)Nc2ccc(C(=O)OCC)cc2)nnc1-c1csc(CC)c1. The molecule has 0 aliphatic rings. The van der Waals surface area contributed by atoms with Gasteiger partial charge in [-0.25, -0.2) is 4.79 Å². The van der Waals surface area contributed by atoms with Gasteiger partial charge < -0.3 is 14.6 Å². The van der Waals surface area contributed by atoms with Crippen LogP contribution in [0.15, 0.2) is 40.9 Å². The molecule has 0 atom stereocenters. The van der Waals surface area contributed by atoms with Crippen LogP contribution < -0.4 is 5.32 Å². The molecule has 0 saturated heterocycles. The molecule has 164 valence electrons. The van der Waals surface area contributed by atoms with Crippen LogP contribution in [0.1, 0.15) is 42.4 Å². The molecule has 9 heteroatoms. The summed E-state index contributed by atoms with van der Waals surface area (Å²) in [6, 6.07) is 8.80. The highest BCUT2D eigenvalue weighted by Gasteiger charge is 2.16. The number of amides is 1. The zero-order valence-electron chi connectivity index (χ0n) is 17.9. The molecule has 0 aliphatic carbocycles. The lowest BCUT2D eigenvalue weighted by Gasteiger charge is -2.09. The van der Waals surface area contributed by atoms with Crippen LogP contribution in [0.5, 0.6) is 0 Å². The van der Waals surface area contributed by atoms with Crippen molar-refractivity contribution in [2.45, 2.75) is 45.3 Å². The average molecular weight is 459 g/mol. The van der Waals surface area contributed by atoms with Crippen LogP contribution in [-0.4, -0.2) is 39.0 Å². The van der Waals surface area contributed by atoms with Gasteiger partial charge in [0.2, 0.25) is 5.91 Å². The second-order valence-electron chi connectivity index (χ2n) is 6.75. The van der Waals surface area contributed by atoms with Gasteiger partial charge in [0.25, 0.3) is 0 Å². The number of anilines is 1. The average Bonchev–Trinajstić information content (AvgIpc) is 3.40. The van der Waals surface area contributed by atoms with Crippen LogP contribution in [0.3, 0.4) is 0 Å². The second kappa shape index (κ2) is 11.1. The van der Waals surface area contributed by atoms with Crippen molar-refractivity contribution < 1.29 is 14.3 Å². The monoisotopic (exact) mass is 458 g/mol. The van der Waals surface area contributed by atoms with Crippen molar-refractivity contribution in [2.24, 2.45) is 0 Å². The topological polar surface area (TPSA) is 86.1 Å². The molecule has 0 radical (unpaired) electrons. The number of ether oxygens (including phenoxy) is 1. The fraction of sp³-hybridized carbons (Fsp3) is 0.364. The molecule has 2 aromatic heterocycles. The molecule has 1 amide bonds.